The van der Waals surface area contributed by atoms with Crippen LogP contribution >= 0.6 is 11.6 Å². The molecule has 34 heavy (non-hydrogen) atoms. The zero-order valence-corrected chi connectivity index (χ0v) is 18.8. The third-order valence-corrected chi connectivity index (χ3v) is 6.00. The minimum atomic E-state index is -0.230. The van der Waals surface area contributed by atoms with Crippen molar-refractivity contribution in [2.24, 2.45) is 0 Å². The van der Waals surface area contributed by atoms with Crippen LogP contribution in [0.4, 0.5) is 5.69 Å². The number of ether oxygens (including phenoxy) is 1. The van der Waals surface area contributed by atoms with Crippen LogP contribution in [0, 0.1) is 0 Å². The molecule has 0 unspecified atom stereocenters. The van der Waals surface area contributed by atoms with Gasteiger partial charge in [-0.1, -0.05) is 17.7 Å². The normalized spacial score (nSPS) is 13.4. The number of hydrogen-bond acceptors (Lipinski definition) is 6. The molecule has 1 fully saturated rings. The highest BCUT2D eigenvalue weighted by molar-refractivity contribution is 6.30. The monoisotopic (exact) mass is 473 g/mol. The van der Waals surface area contributed by atoms with Gasteiger partial charge in [0.25, 0.3) is 0 Å². The fourth-order valence-corrected chi connectivity index (χ4v) is 4.09. The van der Waals surface area contributed by atoms with Gasteiger partial charge in [0.05, 0.1) is 41.5 Å². The predicted octanol–water partition coefficient (Wildman–Crippen LogP) is 4.06. The van der Waals surface area contributed by atoms with E-state index in [2.05, 4.69) is 37.7 Å². The molecule has 10 heteroatoms. The first kappa shape index (κ1) is 20.6. The van der Waals surface area contributed by atoms with Crippen molar-refractivity contribution < 1.29 is 9.53 Å². The average Bonchev–Trinajstić information content (AvgIpc) is 3.49. The first-order chi connectivity index (χ1) is 16.6. The molecule has 1 N–H and O–H groups in total. The molecule has 0 atom stereocenters. The van der Waals surface area contributed by atoms with Gasteiger partial charge in [-0.3, -0.25) is 4.79 Å². The number of fused-ring (bicyclic) bond motifs is 2. The topological polar surface area (TPSA) is 98.7 Å². The Morgan fingerprint density at radius 3 is 2.97 bits per heavy atom. The standard InChI is InChI=1S/C24H20ClN7O2/c25-17-5-6-31-14-26-20(21(31)7-17)9-23(33)29-18-8-24(30-27-10-18)34-13-19-12-32-11-16(15-1-2-15)3-4-22(32)28-19/h3-8,10-12,14-15H,1-2,9,13H2,(H,29,30,33). The van der Waals surface area contributed by atoms with E-state index in [0.717, 1.165) is 16.9 Å². The smallest absolute Gasteiger partial charge is 0.235 e. The number of rotatable bonds is 7. The van der Waals surface area contributed by atoms with Gasteiger partial charge in [-0.2, -0.15) is 5.10 Å². The molecule has 9 nitrogen and oxygen atoms in total. The lowest BCUT2D eigenvalue weighted by atomic mass is 10.2. The number of amides is 1. The van der Waals surface area contributed by atoms with E-state index >= 15 is 0 Å². The van der Waals surface area contributed by atoms with Crippen LogP contribution in [0.1, 0.15) is 35.7 Å². The second kappa shape index (κ2) is 8.42. The first-order valence-corrected chi connectivity index (χ1v) is 11.3. The third-order valence-electron chi connectivity index (χ3n) is 5.77. The molecule has 170 valence electrons. The number of nitrogens with zero attached hydrogens (tertiary/aromatic N) is 6. The molecule has 1 aliphatic carbocycles. The number of hydrogen-bond donors (Lipinski definition) is 1. The lowest BCUT2D eigenvalue weighted by molar-refractivity contribution is -0.115. The summed E-state index contributed by atoms with van der Waals surface area (Å²) in [5, 5.41) is 11.3. The van der Waals surface area contributed by atoms with Crippen LogP contribution in [0.15, 0.2) is 61.4 Å². The molecule has 0 aromatic carbocycles. The Morgan fingerprint density at radius 1 is 1.18 bits per heavy atom. The summed E-state index contributed by atoms with van der Waals surface area (Å²) in [6.07, 6.45) is 11.6. The van der Waals surface area contributed by atoms with Crippen molar-refractivity contribution in [2.45, 2.75) is 31.8 Å². The van der Waals surface area contributed by atoms with Crippen molar-refractivity contribution in [3.8, 4) is 5.88 Å². The van der Waals surface area contributed by atoms with Crippen LogP contribution in [0.2, 0.25) is 5.02 Å². The van der Waals surface area contributed by atoms with E-state index in [4.69, 9.17) is 16.3 Å². The Balaban J connectivity index is 1.10. The molecule has 0 spiro atoms. The van der Waals surface area contributed by atoms with Crippen molar-refractivity contribution in [2.75, 3.05) is 5.32 Å². The van der Waals surface area contributed by atoms with Crippen LogP contribution in [0.3, 0.4) is 0 Å². The van der Waals surface area contributed by atoms with E-state index in [1.807, 2.05) is 21.1 Å². The van der Waals surface area contributed by atoms with E-state index in [1.54, 1.807) is 30.7 Å². The fourth-order valence-electron chi connectivity index (χ4n) is 3.93. The summed E-state index contributed by atoms with van der Waals surface area (Å²) < 4.78 is 9.63. The Labute approximate surface area is 199 Å². The molecule has 6 rings (SSSR count). The molecule has 1 amide bonds. The summed E-state index contributed by atoms with van der Waals surface area (Å²) in [5.41, 5.74) is 4.92. The van der Waals surface area contributed by atoms with E-state index in [0.29, 0.717) is 28.2 Å². The summed E-state index contributed by atoms with van der Waals surface area (Å²) in [4.78, 5) is 21.5. The molecule has 5 heterocycles. The first-order valence-electron chi connectivity index (χ1n) is 10.9. The lowest BCUT2D eigenvalue weighted by Crippen LogP contribution is -2.15. The number of pyridine rings is 2. The SMILES string of the molecule is O=C(Cc1ncn2ccc(Cl)cc12)Nc1cnnc(OCc2cn3cc(C4CC4)ccc3n2)c1. The highest BCUT2D eigenvalue weighted by Crippen LogP contribution is 2.39. The van der Waals surface area contributed by atoms with Crippen LogP contribution in [-0.2, 0) is 17.8 Å². The van der Waals surface area contributed by atoms with Crippen LogP contribution in [-0.4, -0.2) is 34.9 Å². The minimum Gasteiger partial charge on any atom is -0.470 e. The lowest BCUT2D eigenvalue weighted by Gasteiger charge is -2.06. The van der Waals surface area contributed by atoms with Gasteiger partial charge in [0.15, 0.2) is 0 Å². The number of anilines is 1. The quantitative estimate of drug-likeness (QED) is 0.382. The molecule has 1 aliphatic rings. The van der Waals surface area contributed by atoms with Gasteiger partial charge in [-0.25, -0.2) is 9.97 Å². The second-order valence-corrected chi connectivity index (χ2v) is 8.80. The molecular formula is C24H20ClN7O2. The molecule has 0 saturated heterocycles. The molecule has 5 aromatic heterocycles. The number of carbonyl (C=O) groups is 1. The van der Waals surface area contributed by atoms with E-state index in [1.165, 1.54) is 24.6 Å². The second-order valence-electron chi connectivity index (χ2n) is 8.36. The number of imidazole rings is 2. The molecule has 1 saturated carbocycles. The van der Waals surface area contributed by atoms with E-state index < -0.39 is 0 Å². The fraction of sp³-hybridized carbons (Fsp3) is 0.208. The summed E-state index contributed by atoms with van der Waals surface area (Å²) >= 11 is 6.07. The predicted molar refractivity (Wildman–Crippen MR) is 126 cm³/mol. The summed E-state index contributed by atoms with van der Waals surface area (Å²) in [6.45, 7) is 0.244. The van der Waals surface area contributed by atoms with Crippen molar-refractivity contribution in [1.29, 1.82) is 0 Å². The molecule has 0 aliphatic heterocycles. The van der Waals surface area contributed by atoms with Crippen LogP contribution in [0.25, 0.3) is 11.2 Å². The maximum absolute atomic E-state index is 12.6. The van der Waals surface area contributed by atoms with Gasteiger partial charge in [0, 0.05) is 29.7 Å². The van der Waals surface area contributed by atoms with Gasteiger partial charge in [0.2, 0.25) is 11.8 Å². The van der Waals surface area contributed by atoms with Crippen molar-refractivity contribution >= 4 is 34.4 Å². The van der Waals surface area contributed by atoms with Gasteiger partial charge in [-0.05, 0) is 42.5 Å². The van der Waals surface area contributed by atoms with Crippen LogP contribution in [0.5, 0.6) is 5.88 Å². The van der Waals surface area contributed by atoms with Crippen LogP contribution < -0.4 is 10.1 Å². The zero-order chi connectivity index (χ0) is 23.1. The van der Waals surface area contributed by atoms with Gasteiger partial charge in [0.1, 0.15) is 12.3 Å². The maximum atomic E-state index is 12.6. The number of nitrogens with one attached hydrogen (secondary N) is 1. The number of aromatic nitrogens is 6. The molecule has 0 radical (unpaired) electrons. The molecule has 0 bridgehead atoms. The molecular weight excluding hydrogens is 454 g/mol. The van der Waals surface area contributed by atoms with E-state index in [9.17, 15) is 4.79 Å². The van der Waals surface area contributed by atoms with Crippen molar-refractivity contribution in [3.63, 3.8) is 0 Å². The van der Waals surface area contributed by atoms with E-state index in [-0.39, 0.29) is 18.9 Å². The molecule has 5 aromatic rings. The number of carbonyl (C=O) groups excluding carboxylic acids is 1. The maximum Gasteiger partial charge on any atom is 0.235 e. The average molecular weight is 474 g/mol. The van der Waals surface area contributed by atoms with Crippen molar-refractivity contribution in [3.05, 3.63) is 83.4 Å². The highest BCUT2D eigenvalue weighted by atomic mass is 35.5. The minimum absolute atomic E-state index is 0.0967. The summed E-state index contributed by atoms with van der Waals surface area (Å²) in [7, 11) is 0. The van der Waals surface area contributed by atoms with Gasteiger partial charge < -0.3 is 18.9 Å². The largest absolute Gasteiger partial charge is 0.470 e. The third kappa shape index (κ3) is 4.29. The highest BCUT2D eigenvalue weighted by Gasteiger charge is 2.23. The summed E-state index contributed by atoms with van der Waals surface area (Å²) in [5.74, 6) is 0.754. The van der Waals surface area contributed by atoms with Gasteiger partial charge >= 0.3 is 0 Å². The summed E-state index contributed by atoms with van der Waals surface area (Å²) in [6, 6.07) is 9.35. The number of halogens is 1. The Kier molecular flexibility index (Phi) is 5.10. The van der Waals surface area contributed by atoms with Gasteiger partial charge in [-0.15, -0.1) is 5.10 Å². The Morgan fingerprint density at radius 2 is 2.09 bits per heavy atom. The Hall–Kier alpha value is -3.98. The Bertz CT molecular complexity index is 1520. The van der Waals surface area contributed by atoms with Crippen molar-refractivity contribution in [1.82, 2.24) is 29.0 Å². The zero-order valence-electron chi connectivity index (χ0n) is 18.1.